The fourth-order valence-corrected chi connectivity index (χ4v) is 1.79. The molecule has 0 spiro atoms. The summed E-state index contributed by atoms with van der Waals surface area (Å²) in [4.78, 5) is 9.24. The molecular formula is C10H9N3S. The Morgan fingerprint density at radius 2 is 2.00 bits per heavy atom. The van der Waals surface area contributed by atoms with Crippen molar-refractivity contribution in [1.82, 2.24) is 9.97 Å². The lowest BCUT2D eigenvalue weighted by Crippen LogP contribution is -1.90. The molecule has 0 bridgehead atoms. The minimum absolute atomic E-state index is 0.696. The van der Waals surface area contributed by atoms with E-state index in [1.54, 1.807) is 18.6 Å². The molecule has 2 heterocycles. The van der Waals surface area contributed by atoms with Gasteiger partial charge in [-0.25, -0.2) is 4.98 Å². The van der Waals surface area contributed by atoms with E-state index in [1.807, 2.05) is 24.3 Å². The first-order chi connectivity index (χ1) is 6.86. The number of anilines is 1. The van der Waals surface area contributed by atoms with Crippen molar-refractivity contribution in [2.45, 2.75) is 9.92 Å². The van der Waals surface area contributed by atoms with E-state index in [9.17, 15) is 0 Å². The zero-order chi connectivity index (χ0) is 9.80. The number of nitrogens with two attached hydrogens (primary N) is 1. The van der Waals surface area contributed by atoms with E-state index in [1.165, 1.54) is 11.8 Å². The van der Waals surface area contributed by atoms with Crippen molar-refractivity contribution < 1.29 is 0 Å². The zero-order valence-electron chi connectivity index (χ0n) is 7.42. The minimum Gasteiger partial charge on any atom is -0.397 e. The standard InChI is InChI=1S/C10H9N3S/c11-9-4-2-6-13-10(9)14-8-3-1-5-12-7-8/h1-7H,11H2. The highest BCUT2D eigenvalue weighted by Crippen LogP contribution is 2.28. The van der Waals surface area contributed by atoms with Gasteiger partial charge in [0.2, 0.25) is 0 Å². The highest BCUT2D eigenvalue weighted by molar-refractivity contribution is 7.99. The van der Waals surface area contributed by atoms with Gasteiger partial charge in [0, 0.05) is 23.5 Å². The summed E-state index contributed by atoms with van der Waals surface area (Å²) in [7, 11) is 0. The van der Waals surface area contributed by atoms with Crippen LogP contribution < -0.4 is 5.73 Å². The molecule has 2 N–H and O–H groups in total. The number of hydrogen-bond donors (Lipinski definition) is 1. The van der Waals surface area contributed by atoms with Crippen LogP contribution in [-0.4, -0.2) is 9.97 Å². The molecule has 2 rings (SSSR count). The molecule has 0 aliphatic rings. The van der Waals surface area contributed by atoms with Crippen LogP contribution in [0.15, 0.2) is 52.8 Å². The first kappa shape index (κ1) is 9.02. The summed E-state index contributed by atoms with van der Waals surface area (Å²) in [5.41, 5.74) is 6.46. The maximum atomic E-state index is 5.76. The van der Waals surface area contributed by atoms with Crippen LogP contribution in [0.1, 0.15) is 0 Å². The van der Waals surface area contributed by atoms with E-state index in [2.05, 4.69) is 9.97 Å². The molecule has 0 aromatic carbocycles. The predicted octanol–water partition coefficient (Wildman–Crippen LogP) is 2.21. The third kappa shape index (κ3) is 2.03. The number of pyridine rings is 2. The van der Waals surface area contributed by atoms with Gasteiger partial charge in [0.15, 0.2) is 0 Å². The SMILES string of the molecule is Nc1cccnc1Sc1cccnc1. The van der Waals surface area contributed by atoms with Gasteiger partial charge < -0.3 is 5.73 Å². The van der Waals surface area contributed by atoms with Crippen LogP contribution >= 0.6 is 11.8 Å². The normalized spacial score (nSPS) is 10.0. The molecule has 0 atom stereocenters. The second kappa shape index (κ2) is 4.11. The van der Waals surface area contributed by atoms with Gasteiger partial charge >= 0.3 is 0 Å². The molecule has 0 aliphatic carbocycles. The molecule has 0 amide bonds. The molecule has 0 unspecified atom stereocenters. The summed E-state index contributed by atoms with van der Waals surface area (Å²) < 4.78 is 0. The van der Waals surface area contributed by atoms with Gasteiger partial charge in [-0.05, 0) is 24.3 Å². The Kier molecular flexibility index (Phi) is 2.65. The van der Waals surface area contributed by atoms with Crippen LogP contribution in [-0.2, 0) is 0 Å². The third-order valence-corrected chi connectivity index (χ3v) is 2.66. The van der Waals surface area contributed by atoms with Crippen LogP contribution in [0.5, 0.6) is 0 Å². The fraction of sp³-hybridized carbons (Fsp3) is 0. The topological polar surface area (TPSA) is 51.8 Å². The summed E-state index contributed by atoms with van der Waals surface area (Å²) in [6, 6.07) is 7.53. The van der Waals surface area contributed by atoms with Gasteiger partial charge in [-0.3, -0.25) is 4.98 Å². The van der Waals surface area contributed by atoms with E-state index in [-0.39, 0.29) is 0 Å². The lowest BCUT2D eigenvalue weighted by Gasteiger charge is -2.02. The number of hydrogen-bond acceptors (Lipinski definition) is 4. The Morgan fingerprint density at radius 3 is 2.71 bits per heavy atom. The summed E-state index contributed by atoms with van der Waals surface area (Å²) in [6.45, 7) is 0. The van der Waals surface area contributed by atoms with Crippen molar-refractivity contribution >= 4 is 17.4 Å². The van der Waals surface area contributed by atoms with Gasteiger partial charge in [0.25, 0.3) is 0 Å². The van der Waals surface area contributed by atoms with E-state index < -0.39 is 0 Å². The van der Waals surface area contributed by atoms with Gasteiger partial charge in [0.05, 0.1) is 5.69 Å². The van der Waals surface area contributed by atoms with Crippen molar-refractivity contribution in [2.24, 2.45) is 0 Å². The Labute approximate surface area is 86.4 Å². The first-order valence-corrected chi connectivity index (χ1v) is 4.96. The quantitative estimate of drug-likeness (QED) is 0.813. The molecular weight excluding hydrogens is 194 g/mol. The van der Waals surface area contributed by atoms with Crippen LogP contribution in [0.25, 0.3) is 0 Å². The van der Waals surface area contributed by atoms with Crippen LogP contribution in [0.2, 0.25) is 0 Å². The average Bonchev–Trinajstić information content (AvgIpc) is 2.23. The highest BCUT2D eigenvalue weighted by Gasteiger charge is 2.01. The molecule has 2 aromatic heterocycles. The molecule has 4 heteroatoms. The zero-order valence-corrected chi connectivity index (χ0v) is 8.24. The maximum absolute atomic E-state index is 5.76. The predicted molar refractivity (Wildman–Crippen MR) is 57.0 cm³/mol. The van der Waals surface area contributed by atoms with E-state index in [0.29, 0.717) is 5.69 Å². The average molecular weight is 203 g/mol. The van der Waals surface area contributed by atoms with E-state index in [4.69, 9.17) is 5.73 Å². The van der Waals surface area contributed by atoms with Crippen LogP contribution in [0.3, 0.4) is 0 Å². The summed E-state index contributed by atoms with van der Waals surface area (Å²) in [5.74, 6) is 0. The summed E-state index contributed by atoms with van der Waals surface area (Å²) in [6.07, 6.45) is 5.26. The lowest BCUT2D eigenvalue weighted by molar-refractivity contribution is 1.13. The van der Waals surface area contributed by atoms with Gasteiger partial charge in [-0.15, -0.1) is 0 Å². The maximum Gasteiger partial charge on any atom is 0.124 e. The Hall–Kier alpha value is -1.55. The Bertz CT molecular complexity index is 417. The monoisotopic (exact) mass is 203 g/mol. The Morgan fingerprint density at radius 1 is 1.14 bits per heavy atom. The minimum atomic E-state index is 0.696. The molecule has 14 heavy (non-hydrogen) atoms. The molecule has 70 valence electrons. The molecule has 0 saturated heterocycles. The third-order valence-electron chi connectivity index (χ3n) is 1.65. The van der Waals surface area contributed by atoms with Crippen molar-refractivity contribution in [2.75, 3.05) is 5.73 Å². The number of nitrogens with zero attached hydrogens (tertiary/aromatic N) is 2. The van der Waals surface area contributed by atoms with Crippen molar-refractivity contribution in [1.29, 1.82) is 0 Å². The van der Waals surface area contributed by atoms with Gasteiger partial charge in [0.1, 0.15) is 5.03 Å². The molecule has 2 aromatic rings. The molecule has 0 fully saturated rings. The first-order valence-electron chi connectivity index (χ1n) is 4.14. The summed E-state index contributed by atoms with van der Waals surface area (Å²) in [5, 5.41) is 0.820. The highest BCUT2D eigenvalue weighted by atomic mass is 32.2. The van der Waals surface area contributed by atoms with E-state index in [0.717, 1.165) is 9.92 Å². The number of nitrogen functional groups attached to an aromatic ring is 1. The largest absolute Gasteiger partial charge is 0.397 e. The smallest absolute Gasteiger partial charge is 0.124 e. The molecule has 0 radical (unpaired) electrons. The van der Waals surface area contributed by atoms with E-state index >= 15 is 0 Å². The van der Waals surface area contributed by atoms with Crippen molar-refractivity contribution in [3.63, 3.8) is 0 Å². The van der Waals surface area contributed by atoms with Crippen LogP contribution in [0, 0.1) is 0 Å². The Balaban J connectivity index is 2.24. The van der Waals surface area contributed by atoms with Crippen LogP contribution in [0.4, 0.5) is 5.69 Å². The van der Waals surface area contributed by atoms with Crippen molar-refractivity contribution in [3.05, 3.63) is 42.9 Å². The number of rotatable bonds is 2. The van der Waals surface area contributed by atoms with Gasteiger partial charge in [-0.1, -0.05) is 11.8 Å². The van der Waals surface area contributed by atoms with Crippen molar-refractivity contribution in [3.8, 4) is 0 Å². The lowest BCUT2D eigenvalue weighted by atomic mass is 10.4. The number of aromatic nitrogens is 2. The molecule has 3 nitrogen and oxygen atoms in total. The molecule has 0 saturated carbocycles. The van der Waals surface area contributed by atoms with Gasteiger partial charge in [-0.2, -0.15) is 0 Å². The second-order valence-corrected chi connectivity index (χ2v) is 3.75. The summed E-state index contributed by atoms with van der Waals surface area (Å²) >= 11 is 1.52. The fourth-order valence-electron chi connectivity index (χ4n) is 1.01. The second-order valence-electron chi connectivity index (χ2n) is 2.69. The molecule has 0 aliphatic heterocycles.